The molecule has 1 nitrogen and oxygen atoms in total. The van der Waals surface area contributed by atoms with Gasteiger partial charge in [0.2, 0.25) is 0 Å². The Morgan fingerprint density at radius 1 is 1.35 bits per heavy atom. The summed E-state index contributed by atoms with van der Waals surface area (Å²) in [6.45, 7) is 8.68. The van der Waals surface area contributed by atoms with Crippen LogP contribution in [-0.4, -0.2) is 13.1 Å². The molecule has 0 aromatic heterocycles. The van der Waals surface area contributed by atoms with E-state index < -0.39 is 0 Å². The summed E-state index contributed by atoms with van der Waals surface area (Å²) in [7, 11) is 2.14. The van der Waals surface area contributed by atoms with Crippen LogP contribution in [0, 0.1) is 11.3 Å². The molecule has 0 spiro atoms. The molecule has 0 aromatic rings. The smallest absolute Gasteiger partial charge is 0.00974 e. The molecule has 0 heterocycles. The van der Waals surface area contributed by atoms with Gasteiger partial charge in [-0.1, -0.05) is 39.2 Å². The van der Waals surface area contributed by atoms with Crippen LogP contribution in [0.1, 0.15) is 65.2 Å². The van der Waals surface area contributed by atoms with Gasteiger partial charge in [0.05, 0.1) is 0 Å². The summed E-state index contributed by atoms with van der Waals surface area (Å²) in [4.78, 5) is 0. The van der Waals surface area contributed by atoms with Crippen molar-refractivity contribution in [3.05, 3.63) is 12.7 Å². The quantitative estimate of drug-likeness (QED) is 0.483. The van der Waals surface area contributed by atoms with E-state index in [2.05, 4.69) is 32.8 Å². The van der Waals surface area contributed by atoms with Gasteiger partial charge in [0.1, 0.15) is 0 Å². The zero-order chi connectivity index (χ0) is 12.7. The van der Waals surface area contributed by atoms with Gasteiger partial charge in [-0.2, -0.15) is 0 Å². The third kappa shape index (κ3) is 4.46. The number of hydrogen-bond donors (Lipinski definition) is 1. The Labute approximate surface area is 108 Å². The molecular weight excluding hydrogens is 206 g/mol. The Kier molecular flexibility index (Phi) is 6.26. The zero-order valence-electron chi connectivity index (χ0n) is 12.1. The van der Waals surface area contributed by atoms with E-state index in [1.54, 1.807) is 0 Å². The van der Waals surface area contributed by atoms with Gasteiger partial charge in [0, 0.05) is 6.04 Å². The highest BCUT2D eigenvalue weighted by Crippen LogP contribution is 2.45. The van der Waals surface area contributed by atoms with Crippen LogP contribution >= 0.6 is 0 Å². The number of nitrogens with one attached hydrogen (secondary N) is 1. The van der Waals surface area contributed by atoms with Crippen LogP contribution in [0.3, 0.4) is 0 Å². The van der Waals surface area contributed by atoms with E-state index in [0.717, 1.165) is 12.0 Å². The highest BCUT2D eigenvalue weighted by atomic mass is 14.9. The molecule has 1 N–H and O–H groups in total. The van der Waals surface area contributed by atoms with Gasteiger partial charge in [-0.15, -0.1) is 6.58 Å². The maximum atomic E-state index is 3.78. The summed E-state index contributed by atoms with van der Waals surface area (Å²) in [5.74, 6) is 0.881. The van der Waals surface area contributed by atoms with Crippen molar-refractivity contribution in [3.8, 4) is 0 Å². The molecule has 1 aliphatic carbocycles. The van der Waals surface area contributed by atoms with Crippen LogP contribution in [-0.2, 0) is 0 Å². The zero-order valence-corrected chi connectivity index (χ0v) is 12.1. The van der Waals surface area contributed by atoms with Crippen molar-refractivity contribution < 1.29 is 0 Å². The van der Waals surface area contributed by atoms with Gasteiger partial charge in [-0.25, -0.2) is 0 Å². The topological polar surface area (TPSA) is 12.0 Å². The Morgan fingerprint density at radius 2 is 2.12 bits per heavy atom. The van der Waals surface area contributed by atoms with Gasteiger partial charge in [0.15, 0.2) is 0 Å². The summed E-state index contributed by atoms with van der Waals surface area (Å²) >= 11 is 0. The Hall–Kier alpha value is -0.300. The van der Waals surface area contributed by atoms with Gasteiger partial charge < -0.3 is 5.32 Å². The molecular formula is C16H31N. The van der Waals surface area contributed by atoms with Crippen molar-refractivity contribution in [1.29, 1.82) is 0 Å². The fraction of sp³-hybridized carbons (Fsp3) is 0.875. The van der Waals surface area contributed by atoms with E-state index in [-0.39, 0.29) is 0 Å². The van der Waals surface area contributed by atoms with E-state index >= 15 is 0 Å². The first kappa shape index (κ1) is 14.8. The second-order valence-electron chi connectivity index (χ2n) is 6.31. The first-order valence-electron chi connectivity index (χ1n) is 7.40. The fourth-order valence-corrected chi connectivity index (χ4v) is 3.48. The second kappa shape index (κ2) is 7.20. The van der Waals surface area contributed by atoms with Crippen molar-refractivity contribution in [1.82, 2.24) is 5.32 Å². The molecule has 100 valence electrons. The van der Waals surface area contributed by atoms with Gasteiger partial charge in [-0.3, -0.25) is 0 Å². The average molecular weight is 237 g/mol. The monoisotopic (exact) mass is 237 g/mol. The van der Waals surface area contributed by atoms with E-state index in [0.29, 0.717) is 5.41 Å². The molecule has 0 saturated heterocycles. The molecule has 0 amide bonds. The normalized spacial score (nSPS) is 24.8. The predicted octanol–water partition coefficient (Wildman–Crippen LogP) is 4.54. The number of allylic oxidation sites excluding steroid dienone is 1. The van der Waals surface area contributed by atoms with Gasteiger partial charge in [0.25, 0.3) is 0 Å². The second-order valence-corrected chi connectivity index (χ2v) is 6.31. The minimum absolute atomic E-state index is 0.550. The van der Waals surface area contributed by atoms with Crippen LogP contribution < -0.4 is 5.32 Å². The number of rotatable bonds is 8. The standard InChI is InChI=1S/C16H31N/c1-5-6-7-8-9-12-15(17-4)14-11-10-13-16(14,2)3/h5,14-15,17H,1,6-13H2,2-4H3. The number of hydrogen-bond acceptors (Lipinski definition) is 1. The van der Waals surface area contributed by atoms with Crippen molar-refractivity contribution in [2.24, 2.45) is 11.3 Å². The van der Waals surface area contributed by atoms with E-state index in [9.17, 15) is 0 Å². The number of unbranched alkanes of at least 4 members (excludes halogenated alkanes) is 3. The summed E-state index contributed by atoms with van der Waals surface area (Å²) in [6, 6.07) is 0.733. The summed E-state index contributed by atoms with van der Waals surface area (Å²) in [5, 5.41) is 3.57. The van der Waals surface area contributed by atoms with Crippen LogP contribution in [0.25, 0.3) is 0 Å². The molecule has 1 heteroatoms. The van der Waals surface area contributed by atoms with Gasteiger partial charge >= 0.3 is 0 Å². The van der Waals surface area contributed by atoms with Crippen LogP contribution in [0.5, 0.6) is 0 Å². The Balaban J connectivity index is 2.30. The lowest BCUT2D eigenvalue weighted by Crippen LogP contribution is -2.38. The lowest BCUT2D eigenvalue weighted by molar-refractivity contribution is 0.193. The lowest BCUT2D eigenvalue weighted by Gasteiger charge is -2.34. The van der Waals surface area contributed by atoms with E-state index in [1.807, 2.05) is 6.08 Å². The van der Waals surface area contributed by atoms with Crippen LogP contribution in [0.4, 0.5) is 0 Å². The predicted molar refractivity (Wildman–Crippen MR) is 77.3 cm³/mol. The summed E-state index contributed by atoms with van der Waals surface area (Å²) in [5.41, 5.74) is 0.550. The fourth-order valence-electron chi connectivity index (χ4n) is 3.48. The SMILES string of the molecule is C=CCCCCCC(NC)C1CCCC1(C)C. The molecule has 0 bridgehead atoms. The van der Waals surface area contributed by atoms with Crippen molar-refractivity contribution in [3.63, 3.8) is 0 Å². The molecule has 0 aliphatic heterocycles. The first-order valence-corrected chi connectivity index (χ1v) is 7.40. The van der Waals surface area contributed by atoms with Crippen molar-refractivity contribution in [2.75, 3.05) is 7.05 Å². The van der Waals surface area contributed by atoms with Gasteiger partial charge in [-0.05, 0) is 50.5 Å². The minimum Gasteiger partial charge on any atom is -0.317 e. The highest BCUT2D eigenvalue weighted by Gasteiger charge is 2.38. The third-order valence-corrected chi connectivity index (χ3v) is 4.62. The Morgan fingerprint density at radius 3 is 2.65 bits per heavy atom. The average Bonchev–Trinajstić information content (AvgIpc) is 2.64. The van der Waals surface area contributed by atoms with E-state index in [1.165, 1.54) is 51.4 Å². The highest BCUT2D eigenvalue weighted by molar-refractivity contribution is 4.91. The molecule has 17 heavy (non-hydrogen) atoms. The van der Waals surface area contributed by atoms with Crippen molar-refractivity contribution in [2.45, 2.75) is 71.3 Å². The Bertz CT molecular complexity index is 220. The largest absolute Gasteiger partial charge is 0.317 e. The minimum atomic E-state index is 0.550. The van der Waals surface area contributed by atoms with Crippen molar-refractivity contribution >= 4 is 0 Å². The summed E-state index contributed by atoms with van der Waals surface area (Å²) < 4.78 is 0. The van der Waals surface area contributed by atoms with Crippen LogP contribution in [0.2, 0.25) is 0 Å². The molecule has 1 aliphatic rings. The maximum Gasteiger partial charge on any atom is 0.00974 e. The lowest BCUT2D eigenvalue weighted by atomic mass is 9.76. The van der Waals surface area contributed by atoms with Crippen LogP contribution in [0.15, 0.2) is 12.7 Å². The molecule has 2 atom stereocenters. The third-order valence-electron chi connectivity index (χ3n) is 4.62. The summed E-state index contributed by atoms with van der Waals surface area (Å²) in [6.07, 6.45) is 12.9. The molecule has 0 aromatic carbocycles. The molecule has 1 rings (SSSR count). The first-order chi connectivity index (χ1) is 8.11. The molecule has 2 unspecified atom stereocenters. The molecule has 0 radical (unpaired) electrons. The molecule has 1 fully saturated rings. The maximum absolute atomic E-state index is 3.78. The van der Waals surface area contributed by atoms with E-state index in [4.69, 9.17) is 0 Å². The molecule has 1 saturated carbocycles.